The van der Waals surface area contributed by atoms with Gasteiger partial charge < -0.3 is 20.5 Å². The highest BCUT2D eigenvalue weighted by Crippen LogP contribution is 2.25. The fourth-order valence-electron chi connectivity index (χ4n) is 2.67. The Labute approximate surface area is 102 Å². The van der Waals surface area contributed by atoms with Crippen molar-refractivity contribution >= 4 is 5.91 Å². The second-order valence-electron chi connectivity index (χ2n) is 4.95. The van der Waals surface area contributed by atoms with Gasteiger partial charge >= 0.3 is 0 Å². The molecule has 1 aliphatic heterocycles. The van der Waals surface area contributed by atoms with Gasteiger partial charge in [0.25, 0.3) is 0 Å². The summed E-state index contributed by atoms with van der Waals surface area (Å²) < 4.78 is 5.49. The van der Waals surface area contributed by atoms with Crippen LogP contribution in [0.1, 0.15) is 25.7 Å². The predicted octanol–water partition coefficient (Wildman–Crippen LogP) is -0.358. The lowest BCUT2D eigenvalue weighted by molar-refractivity contribution is -0.125. The Morgan fingerprint density at radius 3 is 3.06 bits per heavy atom. The fraction of sp³-hybridized carbons (Fsp3) is 0.917. The highest BCUT2D eigenvalue weighted by atomic mass is 16.5. The van der Waals surface area contributed by atoms with Crippen molar-refractivity contribution in [3.63, 3.8) is 0 Å². The van der Waals surface area contributed by atoms with Gasteiger partial charge in [-0.2, -0.15) is 0 Å². The van der Waals surface area contributed by atoms with Gasteiger partial charge in [0.15, 0.2) is 0 Å². The molecule has 0 radical (unpaired) electrons. The first kappa shape index (κ1) is 12.8. The summed E-state index contributed by atoms with van der Waals surface area (Å²) in [7, 11) is 0. The molecular weight excluding hydrogens is 220 g/mol. The van der Waals surface area contributed by atoms with Crippen molar-refractivity contribution in [2.75, 3.05) is 26.3 Å². The van der Waals surface area contributed by atoms with Crippen LogP contribution in [0.2, 0.25) is 0 Å². The molecule has 0 bridgehead atoms. The van der Waals surface area contributed by atoms with Gasteiger partial charge in [0, 0.05) is 31.7 Å². The molecule has 3 unspecified atom stereocenters. The van der Waals surface area contributed by atoms with Gasteiger partial charge in [-0.1, -0.05) is 6.42 Å². The number of aliphatic hydroxyl groups is 1. The normalized spacial score (nSPS) is 33.6. The van der Waals surface area contributed by atoms with E-state index in [-0.39, 0.29) is 30.6 Å². The standard InChI is InChI=1S/C12H22N2O3/c15-8-9-2-1-3-11(9)14-12(16)6-10-7-13-4-5-17-10/h9-11,13,15H,1-8H2,(H,14,16). The van der Waals surface area contributed by atoms with E-state index in [1.165, 1.54) is 0 Å². The third kappa shape index (κ3) is 3.66. The van der Waals surface area contributed by atoms with E-state index in [9.17, 15) is 9.90 Å². The van der Waals surface area contributed by atoms with Gasteiger partial charge in [0.1, 0.15) is 0 Å². The van der Waals surface area contributed by atoms with E-state index in [0.29, 0.717) is 13.0 Å². The summed E-state index contributed by atoms with van der Waals surface area (Å²) in [5, 5.41) is 15.4. The summed E-state index contributed by atoms with van der Waals surface area (Å²) in [6.45, 7) is 2.47. The monoisotopic (exact) mass is 242 g/mol. The van der Waals surface area contributed by atoms with Gasteiger partial charge in [-0.05, 0) is 12.8 Å². The number of hydrogen-bond donors (Lipinski definition) is 3. The van der Waals surface area contributed by atoms with E-state index < -0.39 is 0 Å². The maximum Gasteiger partial charge on any atom is 0.222 e. The van der Waals surface area contributed by atoms with Crippen molar-refractivity contribution in [3.05, 3.63) is 0 Å². The molecule has 2 fully saturated rings. The largest absolute Gasteiger partial charge is 0.396 e. The highest BCUT2D eigenvalue weighted by Gasteiger charge is 2.28. The number of nitrogens with one attached hydrogen (secondary N) is 2. The zero-order valence-electron chi connectivity index (χ0n) is 10.2. The summed E-state index contributed by atoms with van der Waals surface area (Å²) in [5.74, 6) is 0.286. The lowest BCUT2D eigenvalue weighted by atomic mass is 10.0. The molecule has 1 amide bonds. The zero-order valence-corrected chi connectivity index (χ0v) is 10.2. The number of ether oxygens (including phenoxy) is 1. The first-order valence-corrected chi connectivity index (χ1v) is 6.52. The van der Waals surface area contributed by atoms with Crippen LogP contribution in [0.15, 0.2) is 0 Å². The molecule has 17 heavy (non-hydrogen) atoms. The van der Waals surface area contributed by atoms with E-state index >= 15 is 0 Å². The third-order valence-electron chi connectivity index (χ3n) is 3.66. The summed E-state index contributed by atoms with van der Waals surface area (Å²) in [5.41, 5.74) is 0. The minimum absolute atomic E-state index is 0.00210. The number of morpholine rings is 1. The average Bonchev–Trinajstić information content (AvgIpc) is 2.77. The topological polar surface area (TPSA) is 70.6 Å². The molecule has 0 spiro atoms. The molecule has 0 aromatic heterocycles. The Kier molecular flexibility index (Phi) is 4.76. The molecule has 3 atom stereocenters. The van der Waals surface area contributed by atoms with Crippen LogP contribution < -0.4 is 10.6 Å². The smallest absolute Gasteiger partial charge is 0.222 e. The van der Waals surface area contributed by atoms with E-state index in [0.717, 1.165) is 32.4 Å². The van der Waals surface area contributed by atoms with Gasteiger partial charge in [-0.3, -0.25) is 4.79 Å². The Balaban J connectivity index is 1.72. The van der Waals surface area contributed by atoms with Gasteiger partial charge in [-0.15, -0.1) is 0 Å². The van der Waals surface area contributed by atoms with Crippen molar-refractivity contribution in [3.8, 4) is 0 Å². The van der Waals surface area contributed by atoms with E-state index in [2.05, 4.69) is 10.6 Å². The molecule has 1 saturated heterocycles. The molecule has 3 N–H and O–H groups in total. The summed E-state index contributed by atoms with van der Waals surface area (Å²) in [6.07, 6.45) is 3.51. The van der Waals surface area contributed by atoms with Crippen LogP contribution >= 0.6 is 0 Å². The predicted molar refractivity (Wildman–Crippen MR) is 63.6 cm³/mol. The molecule has 2 aliphatic rings. The van der Waals surface area contributed by atoms with Crippen LogP contribution in [0.4, 0.5) is 0 Å². The maximum absolute atomic E-state index is 11.8. The molecule has 0 aromatic carbocycles. The Morgan fingerprint density at radius 1 is 1.47 bits per heavy atom. The molecule has 5 nitrogen and oxygen atoms in total. The molecule has 2 rings (SSSR count). The van der Waals surface area contributed by atoms with Crippen LogP contribution in [-0.2, 0) is 9.53 Å². The first-order valence-electron chi connectivity index (χ1n) is 6.52. The van der Waals surface area contributed by atoms with Gasteiger partial charge in [0.05, 0.1) is 19.1 Å². The Hall–Kier alpha value is -0.650. The number of rotatable bonds is 4. The van der Waals surface area contributed by atoms with Crippen LogP contribution in [0.5, 0.6) is 0 Å². The molecule has 1 saturated carbocycles. The SMILES string of the molecule is O=C(CC1CNCCO1)NC1CCCC1CO. The highest BCUT2D eigenvalue weighted by molar-refractivity contribution is 5.76. The van der Waals surface area contributed by atoms with Crippen molar-refractivity contribution < 1.29 is 14.6 Å². The molecule has 1 heterocycles. The number of amides is 1. The fourth-order valence-corrected chi connectivity index (χ4v) is 2.67. The number of carbonyl (C=O) groups excluding carboxylic acids is 1. The van der Waals surface area contributed by atoms with Gasteiger partial charge in [-0.25, -0.2) is 0 Å². The molecular formula is C12H22N2O3. The van der Waals surface area contributed by atoms with Crippen LogP contribution in [-0.4, -0.2) is 49.5 Å². The van der Waals surface area contributed by atoms with Crippen LogP contribution in [0.25, 0.3) is 0 Å². The molecule has 0 aromatic rings. The second-order valence-corrected chi connectivity index (χ2v) is 4.95. The minimum Gasteiger partial charge on any atom is -0.396 e. The number of carbonyl (C=O) groups is 1. The summed E-state index contributed by atoms with van der Waals surface area (Å²) >= 11 is 0. The number of hydrogen-bond acceptors (Lipinski definition) is 4. The van der Waals surface area contributed by atoms with Crippen molar-refractivity contribution in [2.24, 2.45) is 5.92 Å². The first-order chi connectivity index (χ1) is 8.29. The van der Waals surface area contributed by atoms with E-state index in [1.54, 1.807) is 0 Å². The maximum atomic E-state index is 11.8. The number of aliphatic hydroxyl groups excluding tert-OH is 1. The average molecular weight is 242 g/mol. The quantitative estimate of drug-likeness (QED) is 0.630. The van der Waals surface area contributed by atoms with Gasteiger partial charge in [0.2, 0.25) is 5.91 Å². The summed E-state index contributed by atoms with van der Waals surface area (Å²) in [4.78, 5) is 11.8. The third-order valence-corrected chi connectivity index (χ3v) is 3.66. The lowest BCUT2D eigenvalue weighted by Gasteiger charge is -2.25. The second kappa shape index (κ2) is 6.33. The van der Waals surface area contributed by atoms with Crippen LogP contribution in [0.3, 0.4) is 0 Å². The lowest BCUT2D eigenvalue weighted by Crippen LogP contribution is -2.44. The molecule has 98 valence electrons. The Bertz CT molecular complexity index is 254. The molecule has 5 heteroatoms. The summed E-state index contributed by atoms with van der Waals surface area (Å²) in [6, 6.07) is 0.157. The van der Waals surface area contributed by atoms with Crippen molar-refractivity contribution in [2.45, 2.75) is 37.8 Å². The van der Waals surface area contributed by atoms with E-state index in [1.807, 2.05) is 0 Å². The zero-order chi connectivity index (χ0) is 12.1. The minimum atomic E-state index is -0.00210. The van der Waals surface area contributed by atoms with E-state index in [4.69, 9.17) is 4.74 Å². The van der Waals surface area contributed by atoms with Crippen molar-refractivity contribution in [1.82, 2.24) is 10.6 Å². The van der Waals surface area contributed by atoms with Crippen molar-refractivity contribution in [1.29, 1.82) is 0 Å². The van der Waals surface area contributed by atoms with Crippen LogP contribution in [0, 0.1) is 5.92 Å². The Morgan fingerprint density at radius 2 is 2.35 bits per heavy atom. The molecule has 1 aliphatic carbocycles.